The van der Waals surface area contributed by atoms with E-state index in [-0.39, 0.29) is 0 Å². The van der Waals surface area contributed by atoms with Crippen LogP contribution >= 0.6 is 0 Å². The Morgan fingerprint density at radius 2 is 0.921 bits per heavy atom. The number of nitrogens with one attached hydrogen (secondary N) is 1. The molecule has 1 heteroatoms. The van der Waals surface area contributed by atoms with Crippen molar-refractivity contribution in [3.05, 3.63) is 0 Å². The third-order valence-electron chi connectivity index (χ3n) is 12.1. The smallest absolute Gasteiger partial charge is 0.0181 e. The van der Waals surface area contributed by atoms with Gasteiger partial charge < -0.3 is 5.32 Å². The van der Waals surface area contributed by atoms with E-state index in [9.17, 15) is 0 Å². The Morgan fingerprint density at radius 1 is 0.474 bits per heavy atom. The Bertz CT molecular complexity index is 588. The summed E-state index contributed by atoms with van der Waals surface area (Å²) in [5.74, 6) is 2.56. The maximum atomic E-state index is 4.46. The van der Waals surface area contributed by atoms with Gasteiger partial charge in [-0.2, -0.15) is 0 Å². The normalized spacial score (nSPS) is 37.7. The van der Waals surface area contributed by atoms with Crippen molar-refractivity contribution < 1.29 is 0 Å². The summed E-state index contributed by atoms with van der Waals surface area (Å²) in [5.41, 5.74) is 0.860. The summed E-state index contributed by atoms with van der Waals surface area (Å²) in [6.07, 6.45) is 39.7. The van der Waals surface area contributed by atoms with Crippen molar-refractivity contribution in [3.63, 3.8) is 0 Å². The molecule has 0 spiro atoms. The third kappa shape index (κ3) is 11.1. The van der Waals surface area contributed by atoms with Crippen LogP contribution in [0.1, 0.15) is 201 Å². The SMILES string of the molecule is CC1CCCCCCCCCCCCCC(C)(C2CCCCCCCCCC2)CC1NC1(C)CCCC1C. The average Bonchev–Trinajstić information content (AvgIpc) is 3.19. The fraction of sp³-hybridized carbons (Fsp3) is 1.00. The lowest BCUT2D eigenvalue weighted by Gasteiger charge is -2.46. The predicted octanol–water partition coefficient (Wildman–Crippen LogP) is 12.2. The van der Waals surface area contributed by atoms with Crippen LogP contribution < -0.4 is 5.32 Å². The lowest BCUT2D eigenvalue weighted by atomic mass is 9.64. The van der Waals surface area contributed by atoms with Crippen LogP contribution in [-0.2, 0) is 0 Å². The van der Waals surface area contributed by atoms with E-state index in [0.717, 1.165) is 17.8 Å². The summed E-state index contributed by atoms with van der Waals surface area (Å²) in [5, 5.41) is 4.46. The van der Waals surface area contributed by atoms with Gasteiger partial charge in [0.05, 0.1) is 0 Å². The number of rotatable bonds is 3. The van der Waals surface area contributed by atoms with E-state index in [0.29, 0.717) is 17.0 Å². The van der Waals surface area contributed by atoms with Gasteiger partial charge in [-0.05, 0) is 75.0 Å². The van der Waals surface area contributed by atoms with Crippen molar-refractivity contribution in [1.29, 1.82) is 0 Å². The van der Waals surface area contributed by atoms with E-state index in [4.69, 9.17) is 0 Å². The van der Waals surface area contributed by atoms with Crippen LogP contribution in [0.15, 0.2) is 0 Å². The van der Waals surface area contributed by atoms with E-state index < -0.39 is 0 Å². The second-order valence-corrected chi connectivity index (χ2v) is 15.3. The Balaban J connectivity index is 1.80. The lowest BCUT2D eigenvalue weighted by Crippen LogP contribution is -2.54. The average molecular weight is 530 g/mol. The van der Waals surface area contributed by atoms with Crippen LogP contribution in [0.25, 0.3) is 0 Å². The Morgan fingerprint density at radius 3 is 1.39 bits per heavy atom. The van der Waals surface area contributed by atoms with Gasteiger partial charge >= 0.3 is 0 Å². The first-order valence-electron chi connectivity index (χ1n) is 18.2. The maximum absolute atomic E-state index is 4.46. The molecule has 0 amide bonds. The summed E-state index contributed by atoms with van der Waals surface area (Å²) < 4.78 is 0. The molecule has 0 radical (unpaired) electrons. The van der Waals surface area contributed by atoms with Gasteiger partial charge in [-0.3, -0.25) is 0 Å². The molecule has 0 aromatic rings. The van der Waals surface area contributed by atoms with E-state index in [2.05, 4.69) is 33.0 Å². The molecule has 38 heavy (non-hydrogen) atoms. The Hall–Kier alpha value is -0.0400. The molecule has 3 aliphatic rings. The molecule has 5 unspecified atom stereocenters. The monoisotopic (exact) mass is 530 g/mol. The highest BCUT2D eigenvalue weighted by Crippen LogP contribution is 2.46. The number of hydrogen-bond acceptors (Lipinski definition) is 1. The molecular formula is C37H71N. The van der Waals surface area contributed by atoms with E-state index in [1.54, 1.807) is 0 Å². The molecule has 5 atom stereocenters. The van der Waals surface area contributed by atoms with Crippen LogP contribution in [0, 0.1) is 23.2 Å². The predicted molar refractivity (Wildman–Crippen MR) is 170 cm³/mol. The molecule has 0 heterocycles. The molecule has 0 bridgehead atoms. The van der Waals surface area contributed by atoms with Gasteiger partial charge in [0, 0.05) is 11.6 Å². The summed E-state index contributed by atoms with van der Waals surface area (Å²) in [6, 6.07) is 0.694. The highest BCUT2D eigenvalue weighted by molar-refractivity contribution is 4.98. The van der Waals surface area contributed by atoms with Crippen molar-refractivity contribution in [2.45, 2.75) is 213 Å². The zero-order valence-electron chi connectivity index (χ0n) is 26.9. The topological polar surface area (TPSA) is 12.0 Å². The van der Waals surface area contributed by atoms with Crippen molar-refractivity contribution in [2.75, 3.05) is 0 Å². The minimum atomic E-state index is 0.354. The van der Waals surface area contributed by atoms with Crippen molar-refractivity contribution >= 4 is 0 Å². The molecule has 3 rings (SSSR count). The van der Waals surface area contributed by atoms with Gasteiger partial charge in [0.2, 0.25) is 0 Å². The standard InChI is InChI=1S/C37H71N/c1-32-25-20-16-12-8-6-5-7-11-15-19-23-29-36(3,31-35(32)38-37(4)30-24-26-33(37)2)34-27-21-17-13-9-10-14-18-22-28-34/h32-35,38H,5-31H2,1-4H3. The summed E-state index contributed by atoms with van der Waals surface area (Å²) in [7, 11) is 0. The molecule has 3 aliphatic carbocycles. The largest absolute Gasteiger partial charge is 0.308 e. The van der Waals surface area contributed by atoms with E-state index in [1.807, 2.05) is 0 Å². The summed E-state index contributed by atoms with van der Waals surface area (Å²) >= 11 is 0. The zero-order chi connectivity index (χ0) is 27.1. The lowest BCUT2D eigenvalue weighted by molar-refractivity contribution is 0.0799. The number of hydrogen-bond donors (Lipinski definition) is 1. The minimum Gasteiger partial charge on any atom is -0.308 e. The molecule has 0 aromatic heterocycles. The fourth-order valence-electron chi connectivity index (χ4n) is 8.82. The first kappa shape index (κ1) is 32.5. The van der Waals surface area contributed by atoms with Gasteiger partial charge in [0.1, 0.15) is 0 Å². The van der Waals surface area contributed by atoms with E-state index in [1.165, 1.54) is 173 Å². The first-order chi connectivity index (χ1) is 18.4. The van der Waals surface area contributed by atoms with Gasteiger partial charge in [0.15, 0.2) is 0 Å². The molecule has 0 aliphatic heterocycles. The molecule has 0 saturated heterocycles. The van der Waals surface area contributed by atoms with Crippen LogP contribution in [0.4, 0.5) is 0 Å². The van der Waals surface area contributed by atoms with Gasteiger partial charge in [0.25, 0.3) is 0 Å². The van der Waals surface area contributed by atoms with Gasteiger partial charge in [-0.1, -0.05) is 149 Å². The Kier molecular flexibility index (Phi) is 15.1. The second-order valence-electron chi connectivity index (χ2n) is 15.3. The van der Waals surface area contributed by atoms with Crippen LogP contribution in [0.3, 0.4) is 0 Å². The van der Waals surface area contributed by atoms with E-state index >= 15 is 0 Å². The van der Waals surface area contributed by atoms with Gasteiger partial charge in [-0.15, -0.1) is 0 Å². The highest BCUT2D eigenvalue weighted by Gasteiger charge is 2.42. The Labute approximate surface area is 240 Å². The molecule has 3 fully saturated rings. The molecule has 224 valence electrons. The van der Waals surface area contributed by atoms with Crippen LogP contribution in [0.5, 0.6) is 0 Å². The first-order valence-corrected chi connectivity index (χ1v) is 18.2. The summed E-state index contributed by atoms with van der Waals surface area (Å²) in [4.78, 5) is 0. The molecule has 3 saturated carbocycles. The fourth-order valence-corrected chi connectivity index (χ4v) is 8.82. The minimum absolute atomic E-state index is 0.354. The maximum Gasteiger partial charge on any atom is 0.0181 e. The van der Waals surface area contributed by atoms with Crippen molar-refractivity contribution in [1.82, 2.24) is 5.32 Å². The van der Waals surface area contributed by atoms with Crippen molar-refractivity contribution in [2.24, 2.45) is 23.2 Å². The quantitative estimate of drug-likeness (QED) is 0.383. The van der Waals surface area contributed by atoms with Gasteiger partial charge in [-0.25, -0.2) is 0 Å². The summed E-state index contributed by atoms with van der Waals surface area (Å²) in [6.45, 7) is 10.5. The third-order valence-corrected chi connectivity index (χ3v) is 12.1. The van der Waals surface area contributed by atoms with Crippen LogP contribution in [-0.4, -0.2) is 11.6 Å². The molecule has 1 N–H and O–H groups in total. The second kappa shape index (κ2) is 17.7. The molecular weight excluding hydrogens is 458 g/mol. The zero-order valence-corrected chi connectivity index (χ0v) is 26.9. The van der Waals surface area contributed by atoms with Crippen molar-refractivity contribution in [3.8, 4) is 0 Å². The highest BCUT2D eigenvalue weighted by atomic mass is 15.0. The van der Waals surface area contributed by atoms with Crippen LogP contribution in [0.2, 0.25) is 0 Å². The molecule has 1 nitrogen and oxygen atoms in total. The molecule has 0 aromatic carbocycles.